The van der Waals surface area contributed by atoms with Crippen LogP contribution in [-0.2, 0) is 4.79 Å². The number of carbonyl (C=O) groups is 1. The predicted molar refractivity (Wildman–Crippen MR) is 85.1 cm³/mol. The van der Waals surface area contributed by atoms with Gasteiger partial charge in [-0.3, -0.25) is 10.1 Å². The van der Waals surface area contributed by atoms with E-state index in [-0.39, 0.29) is 18.1 Å². The number of benzene rings is 1. The Kier molecular flexibility index (Phi) is 4.23. The van der Waals surface area contributed by atoms with Crippen molar-refractivity contribution < 1.29 is 4.79 Å². The van der Waals surface area contributed by atoms with E-state index in [0.29, 0.717) is 6.04 Å². The molecule has 0 aromatic heterocycles. The van der Waals surface area contributed by atoms with E-state index in [1.807, 2.05) is 24.3 Å². The summed E-state index contributed by atoms with van der Waals surface area (Å²) >= 11 is 5.98. The second kappa shape index (κ2) is 5.98. The van der Waals surface area contributed by atoms with Gasteiger partial charge in [-0.1, -0.05) is 44.0 Å². The maximum Gasteiger partial charge on any atom is 0.241 e. The SMILES string of the molecule is CCCC1NC(c2ccc(Cl)cc2)N(C2CC(C)C2)C1=O. The van der Waals surface area contributed by atoms with Crippen molar-refractivity contribution >= 4 is 17.5 Å². The molecule has 4 heteroatoms. The fourth-order valence-electron chi connectivity index (χ4n) is 3.52. The molecule has 2 fully saturated rings. The van der Waals surface area contributed by atoms with Gasteiger partial charge < -0.3 is 4.90 Å². The Morgan fingerprint density at radius 3 is 2.52 bits per heavy atom. The molecule has 1 aromatic rings. The number of halogens is 1. The Balaban J connectivity index is 1.84. The molecule has 0 radical (unpaired) electrons. The first-order valence-corrected chi connectivity index (χ1v) is 8.31. The van der Waals surface area contributed by atoms with Crippen molar-refractivity contribution in [3.8, 4) is 0 Å². The van der Waals surface area contributed by atoms with Crippen molar-refractivity contribution in [3.63, 3.8) is 0 Å². The fraction of sp³-hybridized carbons (Fsp3) is 0.588. The fourth-order valence-corrected chi connectivity index (χ4v) is 3.65. The van der Waals surface area contributed by atoms with Gasteiger partial charge in [0.05, 0.1) is 6.04 Å². The van der Waals surface area contributed by atoms with Crippen LogP contribution in [0.2, 0.25) is 5.02 Å². The van der Waals surface area contributed by atoms with E-state index >= 15 is 0 Å². The number of amides is 1. The first-order chi connectivity index (χ1) is 10.1. The molecule has 1 aliphatic carbocycles. The number of hydrogen-bond acceptors (Lipinski definition) is 2. The molecule has 1 N–H and O–H groups in total. The lowest BCUT2D eigenvalue weighted by atomic mass is 9.80. The van der Waals surface area contributed by atoms with Gasteiger partial charge in [-0.15, -0.1) is 0 Å². The van der Waals surface area contributed by atoms with E-state index in [4.69, 9.17) is 11.6 Å². The monoisotopic (exact) mass is 306 g/mol. The van der Waals surface area contributed by atoms with E-state index in [2.05, 4.69) is 24.1 Å². The predicted octanol–water partition coefficient (Wildman–Crippen LogP) is 3.74. The van der Waals surface area contributed by atoms with Crippen LogP contribution in [0.4, 0.5) is 0 Å². The smallest absolute Gasteiger partial charge is 0.241 e. The van der Waals surface area contributed by atoms with Crippen LogP contribution in [0.15, 0.2) is 24.3 Å². The third kappa shape index (κ3) is 2.82. The maximum absolute atomic E-state index is 12.7. The Morgan fingerprint density at radius 1 is 1.29 bits per heavy atom. The van der Waals surface area contributed by atoms with Gasteiger partial charge in [-0.2, -0.15) is 0 Å². The highest BCUT2D eigenvalue weighted by Gasteiger charge is 2.45. The van der Waals surface area contributed by atoms with Crippen LogP contribution in [0.5, 0.6) is 0 Å². The quantitative estimate of drug-likeness (QED) is 0.919. The number of hydrogen-bond donors (Lipinski definition) is 1. The molecule has 1 amide bonds. The molecule has 2 atom stereocenters. The highest BCUT2D eigenvalue weighted by atomic mass is 35.5. The van der Waals surface area contributed by atoms with E-state index in [1.165, 1.54) is 0 Å². The van der Waals surface area contributed by atoms with Gasteiger partial charge in [0.1, 0.15) is 6.17 Å². The highest BCUT2D eigenvalue weighted by Crippen LogP contribution is 2.39. The van der Waals surface area contributed by atoms with Crippen LogP contribution in [0.3, 0.4) is 0 Å². The molecular formula is C17H23ClN2O. The minimum Gasteiger partial charge on any atom is -0.319 e. The lowest BCUT2D eigenvalue weighted by Gasteiger charge is -2.42. The summed E-state index contributed by atoms with van der Waals surface area (Å²) in [6, 6.07) is 8.21. The van der Waals surface area contributed by atoms with Crippen LogP contribution < -0.4 is 5.32 Å². The summed E-state index contributed by atoms with van der Waals surface area (Å²) in [7, 11) is 0. The molecule has 2 aliphatic rings. The van der Waals surface area contributed by atoms with Crippen molar-refractivity contribution in [2.45, 2.75) is 57.8 Å². The molecule has 1 saturated heterocycles. The summed E-state index contributed by atoms with van der Waals surface area (Å²) in [6.45, 7) is 4.38. The molecule has 3 nitrogen and oxygen atoms in total. The third-order valence-corrected chi connectivity index (χ3v) is 4.95. The molecule has 2 unspecified atom stereocenters. The average molecular weight is 307 g/mol. The van der Waals surface area contributed by atoms with Crippen LogP contribution in [0.25, 0.3) is 0 Å². The van der Waals surface area contributed by atoms with E-state index in [9.17, 15) is 4.79 Å². The van der Waals surface area contributed by atoms with Crippen molar-refractivity contribution in [2.75, 3.05) is 0 Å². The summed E-state index contributed by atoms with van der Waals surface area (Å²) in [5, 5.41) is 4.26. The molecule has 114 valence electrons. The number of nitrogens with one attached hydrogen (secondary N) is 1. The number of nitrogens with zero attached hydrogens (tertiary/aromatic N) is 1. The Morgan fingerprint density at radius 2 is 1.95 bits per heavy atom. The Bertz CT molecular complexity index is 510. The van der Waals surface area contributed by atoms with Crippen LogP contribution in [0.1, 0.15) is 51.3 Å². The first-order valence-electron chi connectivity index (χ1n) is 7.93. The van der Waals surface area contributed by atoms with Crippen molar-refractivity contribution in [2.24, 2.45) is 5.92 Å². The molecule has 3 rings (SSSR count). The molecule has 1 saturated carbocycles. The van der Waals surface area contributed by atoms with Gasteiger partial charge in [0.15, 0.2) is 0 Å². The minimum absolute atomic E-state index is 0.00353. The first kappa shape index (κ1) is 14.9. The van der Waals surface area contributed by atoms with Gasteiger partial charge in [0.25, 0.3) is 0 Å². The average Bonchev–Trinajstić information content (AvgIpc) is 2.74. The molecule has 1 aromatic carbocycles. The van der Waals surface area contributed by atoms with Gasteiger partial charge in [0, 0.05) is 11.1 Å². The second-order valence-electron chi connectivity index (χ2n) is 6.44. The third-order valence-electron chi connectivity index (χ3n) is 4.70. The summed E-state index contributed by atoms with van der Waals surface area (Å²) in [5.74, 6) is 1.01. The van der Waals surface area contributed by atoms with Crippen molar-refractivity contribution in [3.05, 3.63) is 34.9 Å². The molecule has 1 aliphatic heterocycles. The highest BCUT2D eigenvalue weighted by molar-refractivity contribution is 6.30. The minimum atomic E-state index is -0.0356. The zero-order chi connectivity index (χ0) is 15.0. The zero-order valence-electron chi connectivity index (χ0n) is 12.7. The van der Waals surface area contributed by atoms with E-state index < -0.39 is 0 Å². The lowest BCUT2D eigenvalue weighted by Crippen LogP contribution is -2.47. The van der Waals surface area contributed by atoms with Gasteiger partial charge in [-0.05, 0) is 42.9 Å². The normalized spacial score (nSPS) is 32.3. The molecule has 0 spiro atoms. The van der Waals surface area contributed by atoms with E-state index in [0.717, 1.165) is 42.2 Å². The van der Waals surface area contributed by atoms with Crippen LogP contribution in [-0.4, -0.2) is 22.9 Å². The topological polar surface area (TPSA) is 32.3 Å². The zero-order valence-corrected chi connectivity index (χ0v) is 13.4. The van der Waals surface area contributed by atoms with Gasteiger partial charge >= 0.3 is 0 Å². The molecule has 1 heterocycles. The Hall–Kier alpha value is -1.06. The molecule has 21 heavy (non-hydrogen) atoms. The largest absolute Gasteiger partial charge is 0.319 e. The molecule has 0 bridgehead atoms. The Labute approximate surface area is 131 Å². The summed E-state index contributed by atoms with van der Waals surface area (Å²) < 4.78 is 0. The lowest BCUT2D eigenvalue weighted by molar-refractivity contribution is -0.135. The van der Waals surface area contributed by atoms with Gasteiger partial charge in [-0.25, -0.2) is 0 Å². The second-order valence-corrected chi connectivity index (χ2v) is 6.87. The van der Waals surface area contributed by atoms with E-state index in [1.54, 1.807) is 0 Å². The standard InChI is InChI=1S/C17H23ClN2O/c1-3-4-15-17(21)20(14-9-11(2)10-14)16(19-15)12-5-7-13(18)8-6-12/h5-8,11,14-16,19H,3-4,9-10H2,1-2H3. The van der Waals surface area contributed by atoms with Gasteiger partial charge in [0.2, 0.25) is 5.91 Å². The maximum atomic E-state index is 12.7. The molecular weight excluding hydrogens is 284 g/mol. The summed E-state index contributed by atoms with van der Waals surface area (Å²) in [4.78, 5) is 14.8. The summed E-state index contributed by atoms with van der Waals surface area (Å²) in [6.07, 6.45) is 4.17. The van der Waals surface area contributed by atoms with Crippen molar-refractivity contribution in [1.29, 1.82) is 0 Å². The van der Waals surface area contributed by atoms with Crippen LogP contribution >= 0.6 is 11.6 Å². The number of carbonyl (C=O) groups excluding carboxylic acids is 1. The van der Waals surface area contributed by atoms with Crippen molar-refractivity contribution in [1.82, 2.24) is 10.2 Å². The van der Waals surface area contributed by atoms with Crippen LogP contribution in [0, 0.1) is 5.92 Å². The number of rotatable bonds is 4. The summed E-state index contributed by atoms with van der Waals surface area (Å²) in [5.41, 5.74) is 1.13.